The number of rotatable bonds is 8. The van der Waals surface area contributed by atoms with Crippen molar-refractivity contribution in [3.63, 3.8) is 0 Å². The lowest BCUT2D eigenvalue weighted by Crippen LogP contribution is -2.36. The van der Waals surface area contributed by atoms with Crippen LogP contribution in [0.3, 0.4) is 0 Å². The first-order valence-electron chi connectivity index (χ1n) is 7.07. The van der Waals surface area contributed by atoms with Crippen LogP contribution in [0.4, 0.5) is 0 Å². The van der Waals surface area contributed by atoms with E-state index in [2.05, 4.69) is 10.5 Å². The zero-order valence-electron chi connectivity index (χ0n) is 12.3. The number of nitrogens with zero attached hydrogens (tertiary/aromatic N) is 1. The average molecular weight is 292 g/mol. The second-order valence-corrected chi connectivity index (χ2v) is 4.45. The van der Waals surface area contributed by atoms with Gasteiger partial charge in [0.05, 0.1) is 13.0 Å². The third-order valence-electron chi connectivity index (χ3n) is 2.95. The molecule has 0 atom stereocenters. The van der Waals surface area contributed by atoms with E-state index >= 15 is 0 Å². The molecule has 1 heterocycles. The Kier molecular flexibility index (Phi) is 5.71. The van der Waals surface area contributed by atoms with E-state index in [-0.39, 0.29) is 12.3 Å². The zero-order valence-corrected chi connectivity index (χ0v) is 12.3. The van der Waals surface area contributed by atoms with Crippen LogP contribution in [-0.2, 0) is 20.7 Å². The minimum absolute atomic E-state index is 0.140. The van der Waals surface area contributed by atoms with Gasteiger partial charge >= 0.3 is 0 Å². The number of hydrogen-bond donors (Lipinski definition) is 1. The van der Waals surface area contributed by atoms with Crippen LogP contribution < -0.4 is 5.32 Å². The Morgan fingerprint density at radius 3 is 2.71 bits per heavy atom. The predicted molar refractivity (Wildman–Crippen MR) is 77.8 cm³/mol. The summed E-state index contributed by atoms with van der Waals surface area (Å²) in [5, 5.41) is 7.58. The number of ether oxygens (including phenoxy) is 2. The van der Waals surface area contributed by atoms with E-state index in [9.17, 15) is 4.79 Å². The normalized spacial score (nSPS) is 11.2. The summed E-state index contributed by atoms with van der Waals surface area (Å²) < 4.78 is 15.9. The number of para-hydroxylation sites is 1. The summed E-state index contributed by atoms with van der Waals surface area (Å²) in [6.45, 7) is 5.16. The molecule has 0 aliphatic rings. The quantitative estimate of drug-likeness (QED) is 0.752. The van der Waals surface area contributed by atoms with Crippen LogP contribution in [-0.4, -0.2) is 37.1 Å². The summed E-state index contributed by atoms with van der Waals surface area (Å²) in [6, 6.07) is 7.47. The van der Waals surface area contributed by atoms with Crippen LogP contribution in [0.15, 0.2) is 28.8 Å². The van der Waals surface area contributed by atoms with E-state index in [1.807, 2.05) is 38.1 Å². The Morgan fingerprint density at radius 2 is 2.00 bits per heavy atom. The van der Waals surface area contributed by atoms with Crippen molar-refractivity contribution in [1.82, 2.24) is 10.5 Å². The number of benzene rings is 1. The summed E-state index contributed by atoms with van der Waals surface area (Å²) in [5.41, 5.74) is 1.31. The summed E-state index contributed by atoms with van der Waals surface area (Å²) >= 11 is 0. The van der Waals surface area contributed by atoms with Crippen molar-refractivity contribution in [2.45, 2.75) is 26.6 Å². The molecule has 6 heteroatoms. The van der Waals surface area contributed by atoms with Crippen LogP contribution >= 0.6 is 0 Å². The highest BCUT2D eigenvalue weighted by molar-refractivity contribution is 5.86. The molecule has 2 aromatic rings. The van der Waals surface area contributed by atoms with Crippen molar-refractivity contribution in [3.8, 4) is 0 Å². The number of aromatic nitrogens is 1. The maximum Gasteiger partial charge on any atom is 0.226 e. The number of amides is 1. The summed E-state index contributed by atoms with van der Waals surface area (Å²) in [4.78, 5) is 12.0. The third kappa shape index (κ3) is 4.27. The molecule has 0 spiro atoms. The molecule has 2 rings (SSSR count). The van der Waals surface area contributed by atoms with E-state index in [4.69, 9.17) is 14.0 Å². The monoisotopic (exact) mass is 292 g/mol. The molecule has 0 aliphatic carbocycles. The van der Waals surface area contributed by atoms with Gasteiger partial charge in [0.2, 0.25) is 5.91 Å². The van der Waals surface area contributed by atoms with Gasteiger partial charge in [0.25, 0.3) is 0 Å². The van der Waals surface area contributed by atoms with Gasteiger partial charge < -0.3 is 19.3 Å². The molecule has 0 aliphatic heterocycles. The average Bonchev–Trinajstić information content (AvgIpc) is 2.89. The molecule has 0 unspecified atom stereocenters. The fraction of sp³-hybridized carbons (Fsp3) is 0.467. The highest BCUT2D eigenvalue weighted by Gasteiger charge is 2.14. The standard InChI is InChI=1S/C15H20N2O4/c1-3-19-15(20-4-2)10-16-14(18)9-12-11-7-5-6-8-13(11)21-17-12/h5-8,15H,3-4,9-10H2,1-2H3,(H,16,18). The van der Waals surface area contributed by atoms with E-state index in [1.165, 1.54) is 0 Å². The van der Waals surface area contributed by atoms with E-state index in [0.717, 1.165) is 5.39 Å². The molecule has 1 amide bonds. The summed E-state index contributed by atoms with van der Waals surface area (Å²) in [6.07, 6.45) is -0.250. The third-order valence-corrected chi connectivity index (χ3v) is 2.95. The van der Waals surface area contributed by atoms with Gasteiger partial charge in [-0.1, -0.05) is 17.3 Å². The van der Waals surface area contributed by atoms with Crippen molar-refractivity contribution in [2.75, 3.05) is 19.8 Å². The van der Waals surface area contributed by atoms with Crippen molar-refractivity contribution in [2.24, 2.45) is 0 Å². The molecule has 21 heavy (non-hydrogen) atoms. The second kappa shape index (κ2) is 7.75. The molecule has 1 aromatic heterocycles. The first kappa shape index (κ1) is 15.5. The van der Waals surface area contributed by atoms with Crippen molar-refractivity contribution < 1.29 is 18.8 Å². The topological polar surface area (TPSA) is 73.6 Å². The SMILES string of the molecule is CCOC(CNC(=O)Cc1noc2ccccc12)OCC. The number of hydrogen-bond acceptors (Lipinski definition) is 5. The molecule has 114 valence electrons. The smallest absolute Gasteiger partial charge is 0.226 e. The molecule has 6 nitrogen and oxygen atoms in total. The minimum Gasteiger partial charge on any atom is -0.356 e. The maximum absolute atomic E-state index is 12.0. The first-order valence-corrected chi connectivity index (χ1v) is 7.07. The lowest BCUT2D eigenvalue weighted by molar-refractivity contribution is -0.140. The molecule has 0 radical (unpaired) electrons. The van der Waals surface area contributed by atoms with Crippen LogP contribution in [0.25, 0.3) is 11.0 Å². The Labute approximate surface area is 123 Å². The molecule has 1 N–H and O–H groups in total. The zero-order chi connectivity index (χ0) is 15.1. The van der Waals surface area contributed by atoms with Gasteiger partial charge in [0, 0.05) is 18.6 Å². The van der Waals surface area contributed by atoms with Crippen LogP contribution in [0.2, 0.25) is 0 Å². The second-order valence-electron chi connectivity index (χ2n) is 4.45. The van der Waals surface area contributed by atoms with Gasteiger partial charge in [-0.15, -0.1) is 0 Å². The van der Waals surface area contributed by atoms with Gasteiger partial charge in [-0.05, 0) is 26.0 Å². The van der Waals surface area contributed by atoms with E-state index in [0.29, 0.717) is 31.0 Å². The highest BCUT2D eigenvalue weighted by Crippen LogP contribution is 2.17. The minimum atomic E-state index is -0.419. The molecule has 0 fully saturated rings. The predicted octanol–water partition coefficient (Wildman–Crippen LogP) is 1.89. The number of fused-ring (bicyclic) bond motifs is 1. The van der Waals surface area contributed by atoms with Gasteiger partial charge in [-0.2, -0.15) is 0 Å². The molecule has 0 bridgehead atoms. The Hall–Kier alpha value is -1.92. The summed E-state index contributed by atoms with van der Waals surface area (Å²) in [5.74, 6) is -0.140. The van der Waals surface area contributed by atoms with Crippen molar-refractivity contribution in [3.05, 3.63) is 30.0 Å². The van der Waals surface area contributed by atoms with E-state index in [1.54, 1.807) is 0 Å². The lowest BCUT2D eigenvalue weighted by atomic mass is 10.1. The lowest BCUT2D eigenvalue weighted by Gasteiger charge is -2.17. The largest absolute Gasteiger partial charge is 0.356 e. The highest BCUT2D eigenvalue weighted by atomic mass is 16.7. The van der Waals surface area contributed by atoms with Crippen LogP contribution in [0.5, 0.6) is 0 Å². The first-order chi connectivity index (χ1) is 10.2. The maximum atomic E-state index is 12.0. The molecule has 0 saturated carbocycles. The van der Waals surface area contributed by atoms with Crippen molar-refractivity contribution >= 4 is 16.9 Å². The Morgan fingerprint density at radius 1 is 1.29 bits per heavy atom. The molecule has 1 aromatic carbocycles. The fourth-order valence-corrected chi connectivity index (χ4v) is 2.02. The number of nitrogens with one attached hydrogen (secondary N) is 1. The van der Waals surface area contributed by atoms with Crippen molar-refractivity contribution in [1.29, 1.82) is 0 Å². The number of carbonyl (C=O) groups excluding carboxylic acids is 1. The van der Waals surface area contributed by atoms with Gasteiger partial charge in [0.1, 0.15) is 5.69 Å². The summed E-state index contributed by atoms with van der Waals surface area (Å²) in [7, 11) is 0. The Balaban J connectivity index is 1.89. The number of carbonyl (C=O) groups is 1. The van der Waals surface area contributed by atoms with E-state index < -0.39 is 6.29 Å². The van der Waals surface area contributed by atoms with Gasteiger partial charge in [0.15, 0.2) is 11.9 Å². The molecular formula is C15H20N2O4. The fourth-order valence-electron chi connectivity index (χ4n) is 2.02. The van der Waals surface area contributed by atoms with Crippen LogP contribution in [0.1, 0.15) is 19.5 Å². The van der Waals surface area contributed by atoms with Gasteiger partial charge in [-0.3, -0.25) is 4.79 Å². The van der Waals surface area contributed by atoms with Gasteiger partial charge in [-0.25, -0.2) is 0 Å². The molecular weight excluding hydrogens is 272 g/mol. The molecule has 0 saturated heterocycles. The Bertz CT molecular complexity index is 576. The van der Waals surface area contributed by atoms with Crippen LogP contribution in [0, 0.1) is 0 Å².